The Balaban J connectivity index is 2.23. The van der Waals surface area contributed by atoms with Crippen LogP contribution in [0.1, 0.15) is 10.4 Å². The van der Waals surface area contributed by atoms with E-state index in [9.17, 15) is 4.79 Å². The van der Waals surface area contributed by atoms with Crippen molar-refractivity contribution >= 4 is 5.91 Å². The largest absolute Gasteiger partial charge is 0.343 e. The van der Waals surface area contributed by atoms with E-state index in [1.807, 2.05) is 0 Å². The summed E-state index contributed by atoms with van der Waals surface area (Å²) in [6.45, 7) is 0.206. The lowest BCUT2D eigenvalue weighted by molar-refractivity contribution is 0.0958. The van der Waals surface area contributed by atoms with E-state index >= 15 is 0 Å². The van der Waals surface area contributed by atoms with E-state index in [0.717, 1.165) is 0 Å². The van der Waals surface area contributed by atoms with E-state index in [2.05, 4.69) is 26.2 Å². The first-order valence-electron chi connectivity index (χ1n) is 4.98. The lowest BCUT2D eigenvalue weighted by atomic mass is 10.2. The summed E-state index contributed by atoms with van der Waals surface area (Å²) in [6, 6.07) is 3.28. The van der Waals surface area contributed by atoms with E-state index in [4.69, 9.17) is 6.42 Å². The van der Waals surface area contributed by atoms with Crippen molar-refractivity contribution in [1.82, 2.24) is 20.3 Å². The molecule has 2 N–H and O–H groups in total. The van der Waals surface area contributed by atoms with E-state index in [0.29, 0.717) is 17.1 Å². The molecule has 0 aliphatic heterocycles. The second kappa shape index (κ2) is 4.94. The second-order valence-corrected chi connectivity index (χ2v) is 3.25. The van der Waals surface area contributed by atoms with Gasteiger partial charge >= 0.3 is 0 Å². The van der Waals surface area contributed by atoms with Crippen molar-refractivity contribution in [2.45, 2.75) is 0 Å². The third kappa shape index (κ3) is 2.49. The Morgan fingerprint density at radius 2 is 2.35 bits per heavy atom. The summed E-state index contributed by atoms with van der Waals surface area (Å²) >= 11 is 0. The molecule has 84 valence electrons. The molecule has 17 heavy (non-hydrogen) atoms. The zero-order valence-corrected chi connectivity index (χ0v) is 8.97. The number of hydrogen-bond acceptors (Lipinski definition) is 3. The fourth-order valence-electron chi connectivity index (χ4n) is 1.34. The zero-order chi connectivity index (χ0) is 12.1. The predicted octanol–water partition coefficient (Wildman–Crippen LogP) is 0.835. The van der Waals surface area contributed by atoms with Gasteiger partial charge in [0.05, 0.1) is 6.54 Å². The van der Waals surface area contributed by atoms with Gasteiger partial charge in [-0.2, -0.15) is 0 Å². The van der Waals surface area contributed by atoms with Crippen LogP contribution in [0.4, 0.5) is 0 Å². The molecule has 0 saturated heterocycles. The van der Waals surface area contributed by atoms with Crippen molar-refractivity contribution < 1.29 is 4.79 Å². The summed E-state index contributed by atoms with van der Waals surface area (Å²) < 4.78 is 0. The fourth-order valence-corrected chi connectivity index (χ4v) is 1.34. The molecule has 0 aliphatic carbocycles. The Morgan fingerprint density at radius 3 is 3.06 bits per heavy atom. The van der Waals surface area contributed by atoms with Crippen LogP contribution in [0.3, 0.4) is 0 Å². The summed E-state index contributed by atoms with van der Waals surface area (Å²) in [6.07, 6.45) is 9.95. The molecule has 0 radical (unpaired) electrons. The molecule has 1 amide bonds. The van der Waals surface area contributed by atoms with Gasteiger partial charge in [-0.1, -0.05) is 5.92 Å². The van der Waals surface area contributed by atoms with Crippen LogP contribution in [0.5, 0.6) is 0 Å². The molecule has 0 aromatic carbocycles. The minimum atomic E-state index is -0.224. The highest BCUT2D eigenvalue weighted by molar-refractivity contribution is 5.95. The summed E-state index contributed by atoms with van der Waals surface area (Å²) in [5.74, 6) is 2.74. The highest BCUT2D eigenvalue weighted by Gasteiger charge is 2.07. The molecule has 0 unspecified atom stereocenters. The SMILES string of the molecule is C#CCNC(=O)c1ccnc(-c2ncc[nH]2)c1. The Kier molecular flexibility index (Phi) is 3.17. The molecule has 0 bridgehead atoms. The maximum Gasteiger partial charge on any atom is 0.252 e. The number of carbonyl (C=O) groups excluding carboxylic acids is 1. The number of nitrogens with zero attached hydrogens (tertiary/aromatic N) is 2. The number of imidazole rings is 1. The van der Waals surface area contributed by atoms with Crippen molar-refractivity contribution in [3.05, 3.63) is 36.3 Å². The number of amides is 1. The van der Waals surface area contributed by atoms with Gasteiger partial charge in [0.2, 0.25) is 0 Å². The highest BCUT2D eigenvalue weighted by atomic mass is 16.1. The summed E-state index contributed by atoms with van der Waals surface area (Å²) in [7, 11) is 0. The summed E-state index contributed by atoms with van der Waals surface area (Å²) in [5, 5.41) is 2.59. The molecule has 0 aliphatic rings. The molecular formula is C12H10N4O. The quantitative estimate of drug-likeness (QED) is 0.762. The standard InChI is InChI=1S/C12H10N4O/c1-2-4-16-12(17)9-3-5-13-10(8-9)11-14-6-7-15-11/h1,3,5-8H,4H2,(H,14,15)(H,16,17). The molecule has 0 atom stereocenters. The average Bonchev–Trinajstić information content (AvgIpc) is 2.90. The third-order valence-electron chi connectivity index (χ3n) is 2.11. The minimum Gasteiger partial charge on any atom is -0.343 e. The molecule has 0 fully saturated rings. The Labute approximate surface area is 98.3 Å². The van der Waals surface area contributed by atoms with Gasteiger partial charge < -0.3 is 10.3 Å². The van der Waals surface area contributed by atoms with Gasteiger partial charge in [-0.05, 0) is 12.1 Å². The van der Waals surface area contributed by atoms with Crippen LogP contribution in [-0.4, -0.2) is 27.4 Å². The van der Waals surface area contributed by atoms with E-state index in [1.54, 1.807) is 30.7 Å². The van der Waals surface area contributed by atoms with E-state index in [1.165, 1.54) is 0 Å². The fraction of sp³-hybridized carbons (Fsp3) is 0.0833. The van der Waals surface area contributed by atoms with Gasteiger partial charge in [0, 0.05) is 24.2 Å². The molecule has 0 saturated carbocycles. The summed E-state index contributed by atoms with van der Waals surface area (Å²) in [4.78, 5) is 22.8. The number of nitrogens with one attached hydrogen (secondary N) is 2. The number of aromatic amines is 1. The molecule has 2 aromatic rings. The Bertz CT molecular complexity index is 554. The molecule has 5 nitrogen and oxygen atoms in total. The van der Waals surface area contributed by atoms with Crippen molar-refractivity contribution in [3.63, 3.8) is 0 Å². The van der Waals surface area contributed by atoms with Gasteiger partial charge in [0.1, 0.15) is 5.69 Å². The van der Waals surface area contributed by atoms with Gasteiger partial charge in [-0.25, -0.2) is 4.98 Å². The number of aromatic nitrogens is 3. The van der Waals surface area contributed by atoms with Crippen LogP contribution in [0.15, 0.2) is 30.7 Å². The van der Waals surface area contributed by atoms with Gasteiger partial charge in [0.15, 0.2) is 5.82 Å². The molecular weight excluding hydrogens is 216 g/mol. The maximum atomic E-state index is 11.7. The lowest BCUT2D eigenvalue weighted by Crippen LogP contribution is -2.23. The van der Waals surface area contributed by atoms with Crippen molar-refractivity contribution in [1.29, 1.82) is 0 Å². The second-order valence-electron chi connectivity index (χ2n) is 3.25. The van der Waals surface area contributed by atoms with Crippen LogP contribution in [0.25, 0.3) is 11.5 Å². The van der Waals surface area contributed by atoms with Gasteiger partial charge in [-0.3, -0.25) is 9.78 Å². The van der Waals surface area contributed by atoms with Crippen molar-refractivity contribution in [3.8, 4) is 23.9 Å². The summed E-state index contributed by atoms with van der Waals surface area (Å²) in [5.41, 5.74) is 1.12. The minimum absolute atomic E-state index is 0.206. The van der Waals surface area contributed by atoms with Gasteiger partial charge in [-0.15, -0.1) is 6.42 Å². The Hall–Kier alpha value is -2.61. The lowest BCUT2D eigenvalue weighted by Gasteiger charge is -2.02. The number of terminal acetylenes is 1. The molecule has 2 rings (SSSR count). The van der Waals surface area contributed by atoms with Crippen LogP contribution in [-0.2, 0) is 0 Å². The van der Waals surface area contributed by atoms with Crippen molar-refractivity contribution in [2.24, 2.45) is 0 Å². The van der Waals surface area contributed by atoms with Crippen molar-refractivity contribution in [2.75, 3.05) is 6.54 Å². The Morgan fingerprint density at radius 1 is 1.47 bits per heavy atom. The van der Waals surface area contributed by atoms with Crippen LogP contribution < -0.4 is 5.32 Å². The highest BCUT2D eigenvalue weighted by Crippen LogP contribution is 2.12. The van der Waals surface area contributed by atoms with Crippen LogP contribution in [0, 0.1) is 12.3 Å². The number of pyridine rings is 1. The molecule has 0 spiro atoms. The smallest absolute Gasteiger partial charge is 0.252 e. The first kappa shape index (κ1) is 10.9. The van der Waals surface area contributed by atoms with E-state index < -0.39 is 0 Å². The number of carbonyl (C=O) groups is 1. The van der Waals surface area contributed by atoms with Crippen LogP contribution >= 0.6 is 0 Å². The predicted molar refractivity (Wildman–Crippen MR) is 63.0 cm³/mol. The first-order chi connectivity index (χ1) is 8.31. The van der Waals surface area contributed by atoms with Crippen LogP contribution in [0.2, 0.25) is 0 Å². The number of rotatable bonds is 3. The number of H-pyrrole nitrogens is 1. The third-order valence-corrected chi connectivity index (χ3v) is 2.11. The normalized spacial score (nSPS) is 9.59. The molecule has 5 heteroatoms. The van der Waals surface area contributed by atoms with E-state index in [-0.39, 0.29) is 12.5 Å². The zero-order valence-electron chi connectivity index (χ0n) is 8.97. The average molecular weight is 226 g/mol. The maximum absolute atomic E-state index is 11.7. The first-order valence-corrected chi connectivity index (χ1v) is 4.98. The van der Waals surface area contributed by atoms with Gasteiger partial charge in [0.25, 0.3) is 5.91 Å². The molecule has 2 aromatic heterocycles. The molecule has 2 heterocycles. The number of hydrogen-bond donors (Lipinski definition) is 2. The monoisotopic (exact) mass is 226 g/mol. The topological polar surface area (TPSA) is 70.7 Å².